The minimum Gasteiger partial charge on any atom is -0.449 e. The summed E-state index contributed by atoms with van der Waals surface area (Å²) in [5.41, 5.74) is 1.58. The third kappa shape index (κ3) is 5.72. The molecule has 2 aromatic rings. The summed E-state index contributed by atoms with van der Waals surface area (Å²) >= 11 is 0. The van der Waals surface area contributed by atoms with Gasteiger partial charge in [-0.15, -0.1) is 0 Å². The fraction of sp³-hybridized carbons (Fsp3) is 0.417. The molecule has 3 unspecified atom stereocenters. The lowest BCUT2D eigenvalue weighted by molar-refractivity contribution is -0.151. The van der Waals surface area contributed by atoms with Crippen LogP contribution in [0.25, 0.3) is 0 Å². The first kappa shape index (κ1) is 24.7. The van der Waals surface area contributed by atoms with E-state index in [9.17, 15) is 18.0 Å². The third-order valence-corrected chi connectivity index (χ3v) is 7.31. The Hall–Kier alpha value is -2.91. The average molecular weight is 475 g/mol. The molecule has 1 aliphatic heterocycles. The van der Waals surface area contributed by atoms with Crippen molar-refractivity contribution in [1.82, 2.24) is 4.90 Å². The van der Waals surface area contributed by atoms with Gasteiger partial charge in [-0.1, -0.05) is 17.7 Å². The molecule has 0 bridgehead atoms. The Morgan fingerprint density at radius 3 is 2.12 bits per heavy atom. The molecule has 0 saturated carbocycles. The molecule has 3 rings (SSSR count). The second-order valence-corrected chi connectivity index (χ2v) is 10.3. The van der Waals surface area contributed by atoms with Gasteiger partial charge in [-0.3, -0.25) is 9.10 Å². The van der Waals surface area contributed by atoms with Crippen molar-refractivity contribution in [2.45, 2.75) is 50.9 Å². The maximum Gasteiger partial charge on any atom is 0.338 e. The average Bonchev–Trinajstić information content (AvgIpc) is 2.77. The third-order valence-electron chi connectivity index (χ3n) is 5.51. The van der Waals surface area contributed by atoms with Gasteiger partial charge in [0.25, 0.3) is 15.9 Å². The van der Waals surface area contributed by atoms with Crippen LogP contribution in [0, 0.1) is 6.92 Å². The summed E-state index contributed by atoms with van der Waals surface area (Å²) in [6, 6.07) is 12.6. The Morgan fingerprint density at radius 2 is 1.58 bits per heavy atom. The summed E-state index contributed by atoms with van der Waals surface area (Å²) in [7, 11) is -2.28. The smallest absolute Gasteiger partial charge is 0.338 e. The molecule has 33 heavy (non-hydrogen) atoms. The summed E-state index contributed by atoms with van der Waals surface area (Å²) < 4.78 is 37.9. The van der Waals surface area contributed by atoms with E-state index in [0.29, 0.717) is 18.8 Å². The number of ether oxygens (including phenoxy) is 2. The van der Waals surface area contributed by atoms with Crippen LogP contribution in [0.3, 0.4) is 0 Å². The largest absolute Gasteiger partial charge is 0.449 e. The Labute approximate surface area is 195 Å². The first-order valence-electron chi connectivity index (χ1n) is 10.8. The summed E-state index contributed by atoms with van der Waals surface area (Å²) in [4.78, 5) is 27.1. The van der Waals surface area contributed by atoms with Crippen LogP contribution in [0.15, 0.2) is 53.4 Å². The number of amides is 1. The normalized spacial score (nSPS) is 19.6. The van der Waals surface area contributed by atoms with Crippen molar-refractivity contribution in [2.24, 2.45) is 0 Å². The minimum absolute atomic E-state index is 0.0821. The van der Waals surface area contributed by atoms with E-state index in [0.717, 1.165) is 9.87 Å². The topological polar surface area (TPSA) is 93.2 Å². The molecule has 3 atom stereocenters. The van der Waals surface area contributed by atoms with Gasteiger partial charge in [-0.25, -0.2) is 13.2 Å². The molecule has 178 valence electrons. The van der Waals surface area contributed by atoms with E-state index in [1.807, 2.05) is 20.8 Å². The minimum atomic E-state index is -3.74. The van der Waals surface area contributed by atoms with Crippen molar-refractivity contribution in [3.05, 3.63) is 59.7 Å². The predicted octanol–water partition coefficient (Wildman–Crippen LogP) is 3.00. The van der Waals surface area contributed by atoms with Crippen LogP contribution in [0.4, 0.5) is 5.69 Å². The number of benzene rings is 2. The number of morpholine rings is 1. The lowest BCUT2D eigenvalue weighted by atomic mass is 10.2. The van der Waals surface area contributed by atoms with Gasteiger partial charge < -0.3 is 14.4 Å². The number of aryl methyl sites for hydroxylation is 1. The molecule has 0 aromatic heterocycles. The first-order valence-corrected chi connectivity index (χ1v) is 12.2. The maximum atomic E-state index is 12.9. The Kier molecular flexibility index (Phi) is 7.44. The van der Waals surface area contributed by atoms with Crippen molar-refractivity contribution in [1.29, 1.82) is 0 Å². The van der Waals surface area contributed by atoms with Crippen molar-refractivity contribution >= 4 is 27.6 Å². The fourth-order valence-corrected chi connectivity index (χ4v) is 4.90. The van der Waals surface area contributed by atoms with E-state index < -0.39 is 22.1 Å². The van der Waals surface area contributed by atoms with Crippen molar-refractivity contribution < 1.29 is 27.5 Å². The number of hydrogen-bond acceptors (Lipinski definition) is 6. The van der Waals surface area contributed by atoms with Gasteiger partial charge in [-0.2, -0.15) is 0 Å². The lowest BCUT2D eigenvalue weighted by Gasteiger charge is -2.36. The van der Waals surface area contributed by atoms with Gasteiger partial charge in [0.05, 0.1) is 28.4 Å². The molecule has 1 aliphatic rings. The van der Waals surface area contributed by atoms with E-state index in [-0.39, 0.29) is 28.6 Å². The maximum absolute atomic E-state index is 12.9. The fourth-order valence-electron chi connectivity index (χ4n) is 3.71. The second-order valence-electron chi connectivity index (χ2n) is 8.38. The molecule has 1 fully saturated rings. The van der Waals surface area contributed by atoms with Gasteiger partial charge in [0, 0.05) is 20.1 Å². The molecule has 1 amide bonds. The van der Waals surface area contributed by atoms with Gasteiger partial charge in [0.2, 0.25) is 0 Å². The zero-order valence-corrected chi connectivity index (χ0v) is 20.3. The van der Waals surface area contributed by atoms with Crippen LogP contribution >= 0.6 is 0 Å². The standard InChI is InChI=1S/C24H30N2O6S/c1-16-6-12-22(13-7-16)33(29,30)25(5)21-10-8-20(9-11-21)24(28)32-19(4)23(27)26-14-17(2)31-18(3)15-26/h6-13,17-19H,14-15H2,1-5H3. The molecular weight excluding hydrogens is 444 g/mol. The molecule has 1 saturated heterocycles. The van der Waals surface area contributed by atoms with Gasteiger partial charge in [0.15, 0.2) is 6.10 Å². The number of anilines is 1. The van der Waals surface area contributed by atoms with Crippen LogP contribution < -0.4 is 4.31 Å². The van der Waals surface area contributed by atoms with Crippen molar-refractivity contribution in [3.8, 4) is 0 Å². The zero-order chi connectivity index (χ0) is 24.3. The first-order chi connectivity index (χ1) is 15.5. The summed E-state index contributed by atoms with van der Waals surface area (Å²) in [5.74, 6) is -0.924. The van der Waals surface area contributed by atoms with Crippen LogP contribution in [0.1, 0.15) is 36.7 Å². The highest BCUT2D eigenvalue weighted by atomic mass is 32.2. The van der Waals surface area contributed by atoms with E-state index in [1.54, 1.807) is 36.1 Å². The molecule has 1 heterocycles. The number of esters is 1. The molecule has 0 aliphatic carbocycles. The Balaban J connectivity index is 1.66. The highest BCUT2D eigenvalue weighted by Gasteiger charge is 2.30. The molecule has 2 aromatic carbocycles. The number of nitrogens with zero attached hydrogens (tertiary/aromatic N) is 2. The lowest BCUT2D eigenvalue weighted by Crippen LogP contribution is -2.51. The molecule has 0 radical (unpaired) electrons. The number of sulfonamides is 1. The van der Waals surface area contributed by atoms with Gasteiger partial charge in [0.1, 0.15) is 0 Å². The Bertz CT molecular complexity index is 1090. The Morgan fingerprint density at radius 1 is 1.03 bits per heavy atom. The van der Waals surface area contributed by atoms with Crippen LogP contribution in [-0.2, 0) is 24.3 Å². The highest BCUT2D eigenvalue weighted by molar-refractivity contribution is 7.92. The number of carbonyl (C=O) groups excluding carboxylic acids is 2. The van der Waals surface area contributed by atoms with E-state index in [4.69, 9.17) is 9.47 Å². The van der Waals surface area contributed by atoms with Crippen LogP contribution in [0.5, 0.6) is 0 Å². The monoisotopic (exact) mass is 474 g/mol. The van der Waals surface area contributed by atoms with Crippen LogP contribution in [-0.4, -0.2) is 63.6 Å². The summed E-state index contributed by atoms with van der Waals surface area (Å²) in [6.45, 7) is 8.10. The summed E-state index contributed by atoms with van der Waals surface area (Å²) in [5, 5.41) is 0. The predicted molar refractivity (Wildman–Crippen MR) is 125 cm³/mol. The second kappa shape index (κ2) is 9.93. The number of carbonyl (C=O) groups is 2. The quantitative estimate of drug-likeness (QED) is 0.598. The van der Waals surface area contributed by atoms with Gasteiger partial charge >= 0.3 is 5.97 Å². The van der Waals surface area contributed by atoms with E-state index >= 15 is 0 Å². The zero-order valence-electron chi connectivity index (χ0n) is 19.5. The van der Waals surface area contributed by atoms with E-state index in [2.05, 4.69) is 0 Å². The van der Waals surface area contributed by atoms with E-state index in [1.165, 1.54) is 31.3 Å². The highest BCUT2D eigenvalue weighted by Crippen LogP contribution is 2.23. The molecule has 0 N–H and O–H groups in total. The molecule has 0 spiro atoms. The van der Waals surface area contributed by atoms with Crippen molar-refractivity contribution in [2.75, 3.05) is 24.4 Å². The molecule has 9 heteroatoms. The van der Waals surface area contributed by atoms with Crippen LogP contribution in [0.2, 0.25) is 0 Å². The molecule has 8 nitrogen and oxygen atoms in total. The summed E-state index contributed by atoms with van der Waals surface area (Å²) in [6.07, 6.45) is -1.11. The van der Waals surface area contributed by atoms with Crippen molar-refractivity contribution in [3.63, 3.8) is 0 Å². The SMILES string of the molecule is Cc1ccc(S(=O)(=O)N(C)c2ccc(C(=O)OC(C)C(=O)N3CC(C)OC(C)C3)cc2)cc1. The number of rotatable bonds is 6. The number of hydrogen-bond donors (Lipinski definition) is 0. The molecular formula is C24H30N2O6S. The van der Waals surface area contributed by atoms with Gasteiger partial charge in [-0.05, 0) is 64.1 Å².